The number of aryl methyl sites for hydroxylation is 1. The van der Waals surface area contributed by atoms with Gasteiger partial charge in [0.15, 0.2) is 11.4 Å². The number of imidazole rings is 1. The van der Waals surface area contributed by atoms with Gasteiger partial charge < -0.3 is 4.57 Å². The fourth-order valence-corrected chi connectivity index (χ4v) is 1.72. The third-order valence-corrected chi connectivity index (χ3v) is 2.55. The number of rotatable bonds is 2. The normalized spacial score (nSPS) is 9.59. The van der Waals surface area contributed by atoms with Crippen LogP contribution in [0.4, 0.5) is 0 Å². The molecular formula is C13H10N4. The summed E-state index contributed by atoms with van der Waals surface area (Å²) in [7, 11) is 0. The maximum atomic E-state index is 9.06. The lowest BCUT2D eigenvalue weighted by Gasteiger charge is -2.06. The Morgan fingerprint density at radius 3 is 2.47 bits per heavy atom. The van der Waals surface area contributed by atoms with Crippen LogP contribution in [0.15, 0.2) is 30.3 Å². The fourth-order valence-electron chi connectivity index (χ4n) is 1.72. The second-order valence-corrected chi connectivity index (χ2v) is 3.65. The van der Waals surface area contributed by atoms with Gasteiger partial charge in [-0.05, 0) is 12.5 Å². The standard InChI is InChI=1S/C13H10N4/c1-10-16-12(7-14)13(8-15)17(10)9-11-5-3-2-4-6-11/h2-6H,9H2,1H3. The molecule has 0 radical (unpaired) electrons. The average Bonchev–Trinajstić information content (AvgIpc) is 2.67. The first-order valence-electron chi connectivity index (χ1n) is 5.17. The molecule has 1 aromatic carbocycles. The van der Waals surface area contributed by atoms with Crippen LogP contribution < -0.4 is 0 Å². The molecule has 1 heterocycles. The lowest BCUT2D eigenvalue weighted by atomic mass is 10.2. The minimum Gasteiger partial charge on any atom is -0.314 e. The number of nitrogens with zero attached hydrogens (tertiary/aromatic N) is 4. The first kappa shape index (κ1) is 10.9. The zero-order valence-corrected chi connectivity index (χ0v) is 9.38. The van der Waals surface area contributed by atoms with Crippen molar-refractivity contribution in [3.63, 3.8) is 0 Å². The van der Waals surface area contributed by atoms with E-state index in [0.717, 1.165) is 5.56 Å². The summed E-state index contributed by atoms with van der Waals surface area (Å²) >= 11 is 0. The Labute approximate surface area is 99.4 Å². The van der Waals surface area contributed by atoms with Crippen molar-refractivity contribution < 1.29 is 0 Å². The summed E-state index contributed by atoms with van der Waals surface area (Å²) in [5.74, 6) is 0.682. The molecule has 2 rings (SSSR count). The van der Waals surface area contributed by atoms with Gasteiger partial charge in [-0.2, -0.15) is 10.5 Å². The molecule has 0 saturated carbocycles. The van der Waals surface area contributed by atoms with Crippen molar-refractivity contribution in [2.24, 2.45) is 0 Å². The highest BCUT2D eigenvalue weighted by atomic mass is 15.1. The predicted octanol–water partition coefficient (Wildman–Crippen LogP) is 1.98. The number of hydrogen-bond donors (Lipinski definition) is 0. The van der Waals surface area contributed by atoms with Gasteiger partial charge in [-0.3, -0.25) is 0 Å². The van der Waals surface area contributed by atoms with Crippen LogP contribution in [0.25, 0.3) is 0 Å². The molecule has 0 atom stereocenters. The van der Waals surface area contributed by atoms with Crippen molar-refractivity contribution in [1.29, 1.82) is 10.5 Å². The highest BCUT2D eigenvalue weighted by Gasteiger charge is 2.13. The Morgan fingerprint density at radius 1 is 1.18 bits per heavy atom. The first-order valence-corrected chi connectivity index (χ1v) is 5.17. The van der Waals surface area contributed by atoms with E-state index in [1.54, 1.807) is 11.5 Å². The van der Waals surface area contributed by atoms with Crippen LogP contribution in [0, 0.1) is 29.6 Å². The van der Waals surface area contributed by atoms with Crippen molar-refractivity contribution >= 4 is 0 Å². The van der Waals surface area contributed by atoms with E-state index in [2.05, 4.69) is 4.98 Å². The molecule has 1 aromatic heterocycles. The molecule has 4 nitrogen and oxygen atoms in total. The van der Waals surface area contributed by atoms with Crippen LogP contribution in [0.1, 0.15) is 22.8 Å². The smallest absolute Gasteiger partial charge is 0.177 e. The van der Waals surface area contributed by atoms with Crippen LogP contribution in [0.3, 0.4) is 0 Å². The van der Waals surface area contributed by atoms with E-state index in [4.69, 9.17) is 10.5 Å². The monoisotopic (exact) mass is 222 g/mol. The third kappa shape index (κ3) is 2.02. The summed E-state index contributed by atoms with van der Waals surface area (Å²) in [6.45, 7) is 2.36. The Bertz CT molecular complexity index is 611. The van der Waals surface area contributed by atoms with Gasteiger partial charge in [-0.15, -0.1) is 0 Å². The molecule has 0 aliphatic heterocycles. The average molecular weight is 222 g/mol. The Hall–Kier alpha value is -2.59. The van der Waals surface area contributed by atoms with Crippen molar-refractivity contribution in [2.75, 3.05) is 0 Å². The summed E-state index contributed by atoms with van der Waals surface area (Å²) in [5.41, 5.74) is 1.60. The summed E-state index contributed by atoms with van der Waals surface area (Å²) < 4.78 is 1.76. The summed E-state index contributed by atoms with van der Waals surface area (Å²) in [5, 5.41) is 17.9. The molecule has 4 heteroatoms. The molecule has 0 fully saturated rings. The molecule has 82 valence electrons. The van der Waals surface area contributed by atoms with E-state index in [1.165, 1.54) is 0 Å². The number of hydrogen-bond acceptors (Lipinski definition) is 3. The highest BCUT2D eigenvalue weighted by molar-refractivity contribution is 5.38. The molecule has 0 N–H and O–H groups in total. The molecule has 0 saturated heterocycles. The molecule has 17 heavy (non-hydrogen) atoms. The highest BCUT2D eigenvalue weighted by Crippen LogP contribution is 2.12. The Balaban J connectivity index is 2.44. The van der Waals surface area contributed by atoms with E-state index in [-0.39, 0.29) is 5.69 Å². The Morgan fingerprint density at radius 2 is 1.88 bits per heavy atom. The van der Waals surface area contributed by atoms with Crippen molar-refractivity contribution in [3.05, 3.63) is 53.1 Å². The van der Waals surface area contributed by atoms with E-state index in [1.807, 2.05) is 42.5 Å². The minimum absolute atomic E-state index is 0.195. The summed E-state index contributed by atoms with van der Waals surface area (Å²) in [6.07, 6.45) is 0. The van der Waals surface area contributed by atoms with E-state index >= 15 is 0 Å². The zero-order valence-electron chi connectivity index (χ0n) is 9.38. The number of nitriles is 2. The largest absolute Gasteiger partial charge is 0.314 e. The molecular weight excluding hydrogens is 212 g/mol. The first-order chi connectivity index (χ1) is 8.26. The van der Waals surface area contributed by atoms with Gasteiger partial charge in [-0.1, -0.05) is 30.3 Å². The van der Waals surface area contributed by atoms with Crippen LogP contribution in [0.5, 0.6) is 0 Å². The van der Waals surface area contributed by atoms with Gasteiger partial charge in [-0.25, -0.2) is 4.98 Å². The van der Waals surface area contributed by atoms with Gasteiger partial charge in [0.25, 0.3) is 0 Å². The van der Waals surface area contributed by atoms with Gasteiger partial charge >= 0.3 is 0 Å². The van der Waals surface area contributed by atoms with Crippen LogP contribution in [0.2, 0.25) is 0 Å². The number of benzene rings is 1. The summed E-state index contributed by atoms with van der Waals surface area (Å²) in [4.78, 5) is 4.08. The maximum absolute atomic E-state index is 9.06. The number of aromatic nitrogens is 2. The Kier molecular flexibility index (Phi) is 2.89. The molecule has 2 aromatic rings. The van der Waals surface area contributed by atoms with Crippen molar-refractivity contribution in [2.45, 2.75) is 13.5 Å². The molecule has 0 spiro atoms. The van der Waals surface area contributed by atoms with E-state index < -0.39 is 0 Å². The molecule has 0 amide bonds. The van der Waals surface area contributed by atoms with Gasteiger partial charge in [0.2, 0.25) is 0 Å². The van der Waals surface area contributed by atoms with E-state index in [9.17, 15) is 0 Å². The third-order valence-electron chi connectivity index (χ3n) is 2.55. The van der Waals surface area contributed by atoms with Gasteiger partial charge in [0.05, 0.1) is 6.54 Å². The quantitative estimate of drug-likeness (QED) is 0.780. The zero-order chi connectivity index (χ0) is 12.3. The van der Waals surface area contributed by atoms with E-state index in [0.29, 0.717) is 18.1 Å². The van der Waals surface area contributed by atoms with Crippen molar-refractivity contribution in [1.82, 2.24) is 9.55 Å². The van der Waals surface area contributed by atoms with Gasteiger partial charge in [0, 0.05) is 0 Å². The minimum atomic E-state index is 0.195. The SMILES string of the molecule is Cc1nc(C#N)c(C#N)n1Cc1ccccc1. The predicted molar refractivity (Wildman–Crippen MR) is 61.9 cm³/mol. The molecule has 0 aliphatic rings. The van der Waals surface area contributed by atoms with Crippen molar-refractivity contribution in [3.8, 4) is 12.1 Å². The maximum Gasteiger partial charge on any atom is 0.177 e. The van der Waals surface area contributed by atoms with Crippen LogP contribution in [-0.4, -0.2) is 9.55 Å². The van der Waals surface area contributed by atoms with Gasteiger partial charge in [0.1, 0.15) is 18.0 Å². The topological polar surface area (TPSA) is 65.4 Å². The molecule has 0 bridgehead atoms. The van der Waals surface area contributed by atoms with Crippen LogP contribution in [-0.2, 0) is 6.54 Å². The second-order valence-electron chi connectivity index (χ2n) is 3.65. The second kappa shape index (κ2) is 4.51. The lowest BCUT2D eigenvalue weighted by molar-refractivity contribution is 0.752. The fraction of sp³-hybridized carbons (Fsp3) is 0.154. The lowest BCUT2D eigenvalue weighted by Crippen LogP contribution is -2.04. The summed E-state index contributed by atoms with van der Waals surface area (Å²) in [6, 6.07) is 13.8. The molecule has 0 unspecified atom stereocenters. The molecule has 0 aliphatic carbocycles. The van der Waals surface area contributed by atoms with Crippen LogP contribution >= 0.6 is 0 Å².